The van der Waals surface area contributed by atoms with Crippen molar-refractivity contribution >= 4 is 30.6 Å². The molecule has 0 aliphatic rings. The molecule has 0 spiro atoms. The van der Waals surface area contributed by atoms with Crippen molar-refractivity contribution < 1.29 is 4.43 Å². The number of nitrogens with two attached hydrogens (primary N) is 1. The van der Waals surface area contributed by atoms with Gasteiger partial charge in [0.1, 0.15) is 0 Å². The second-order valence-corrected chi connectivity index (χ2v) is 13.5. The molecule has 0 aliphatic heterocycles. The van der Waals surface area contributed by atoms with Gasteiger partial charge in [0.05, 0.1) is 35.7 Å². The van der Waals surface area contributed by atoms with E-state index in [9.17, 15) is 0 Å². The van der Waals surface area contributed by atoms with Crippen LogP contribution in [0.1, 0.15) is 34.6 Å². The largest absolute Gasteiger partial charge is 0.415 e. The number of nitrogens with zero attached hydrogens (tertiary/aromatic N) is 1. The molecular weight excluding hydrogens is 326 g/mol. The van der Waals surface area contributed by atoms with E-state index in [1.54, 1.807) is 6.20 Å². The molecule has 2 rings (SSSR count). The van der Waals surface area contributed by atoms with Gasteiger partial charge in [-0.3, -0.25) is 4.98 Å². The fraction of sp³-hybridized carbons (Fsp3) is 0.550. The normalized spacial score (nSPS) is 14.1. The Morgan fingerprint density at radius 3 is 2.44 bits per heavy atom. The van der Waals surface area contributed by atoms with Gasteiger partial charge in [-0.05, 0) is 30.1 Å². The van der Waals surface area contributed by atoms with Crippen molar-refractivity contribution in [2.24, 2.45) is 5.92 Å². The van der Waals surface area contributed by atoms with E-state index in [2.05, 4.69) is 64.1 Å². The lowest BCUT2D eigenvalue weighted by Gasteiger charge is -2.38. The molecule has 0 fully saturated rings. The van der Waals surface area contributed by atoms with Crippen LogP contribution >= 0.6 is 0 Å². The minimum absolute atomic E-state index is 0.197. The lowest BCUT2D eigenvalue weighted by atomic mass is 10.0. The van der Waals surface area contributed by atoms with E-state index in [0.29, 0.717) is 18.2 Å². The fourth-order valence-electron chi connectivity index (χ4n) is 2.42. The maximum Gasteiger partial charge on any atom is 0.192 e. The first-order valence-electron chi connectivity index (χ1n) is 9.06. The highest BCUT2D eigenvalue weighted by Crippen LogP contribution is 2.37. The van der Waals surface area contributed by atoms with Gasteiger partial charge >= 0.3 is 0 Å². The Balaban J connectivity index is 2.25. The summed E-state index contributed by atoms with van der Waals surface area (Å²) >= 11 is 0. The highest BCUT2D eigenvalue weighted by molar-refractivity contribution is 6.74. The van der Waals surface area contributed by atoms with Crippen LogP contribution in [0.4, 0.5) is 11.4 Å². The average Bonchev–Trinajstić information content (AvgIpc) is 2.51. The molecule has 2 aromatic rings. The number of hydrogen-bond donors (Lipinski definition) is 2. The van der Waals surface area contributed by atoms with Crippen LogP contribution < -0.4 is 11.1 Å². The molecule has 0 amide bonds. The smallest absolute Gasteiger partial charge is 0.192 e. The molecular formula is C20H33N3OSi. The number of aromatic nitrogens is 1. The molecule has 1 heterocycles. The first-order chi connectivity index (χ1) is 11.5. The van der Waals surface area contributed by atoms with Crippen molar-refractivity contribution in [1.82, 2.24) is 4.98 Å². The molecule has 3 N–H and O–H groups in total. The molecule has 0 bridgehead atoms. The van der Waals surface area contributed by atoms with Crippen molar-refractivity contribution in [3.8, 4) is 0 Å². The standard InChI is InChI=1S/C20H33N3OSi/c1-14(2)18(13-24-25(6,7)20(3,4)5)23-19-15-10-8-9-11-17(15)22-12-16(19)21/h8-12,14,18H,13,21H2,1-7H3,(H,22,23)/t18-/m1/s1. The van der Waals surface area contributed by atoms with Gasteiger partial charge in [0, 0.05) is 5.39 Å². The maximum atomic E-state index is 6.46. The number of pyridine rings is 1. The van der Waals surface area contributed by atoms with Crippen molar-refractivity contribution in [1.29, 1.82) is 0 Å². The van der Waals surface area contributed by atoms with E-state index < -0.39 is 8.32 Å². The van der Waals surface area contributed by atoms with Gasteiger partial charge in [0.2, 0.25) is 0 Å². The number of para-hydroxylation sites is 1. The molecule has 4 nitrogen and oxygen atoms in total. The second kappa shape index (κ2) is 7.34. The molecule has 1 aromatic carbocycles. The Bertz CT molecular complexity index is 722. The van der Waals surface area contributed by atoms with Crippen LogP contribution in [-0.4, -0.2) is 26.0 Å². The van der Waals surface area contributed by atoms with E-state index >= 15 is 0 Å². The number of benzene rings is 1. The summed E-state index contributed by atoms with van der Waals surface area (Å²) in [5, 5.41) is 4.91. The first kappa shape index (κ1) is 19.7. The summed E-state index contributed by atoms with van der Waals surface area (Å²) in [6, 6.07) is 8.28. The van der Waals surface area contributed by atoms with Crippen molar-refractivity contribution in [3.05, 3.63) is 30.5 Å². The summed E-state index contributed by atoms with van der Waals surface area (Å²) in [5.74, 6) is 0.427. The van der Waals surface area contributed by atoms with Crippen LogP contribution in [0.3, 0.4) is 0 Å². The molecule has 0 saturated heterocycles. The number of fused-ring (bicyclic) bond motifs is 1. The predicted molar refractivity (Wildman–Crippen MR) is 112 cm³/mol. The summed E-state index contributed by atoms with van der Waals surface area (Å²) in [7, 11) is -1.78. The van der Waals surface area contributed by atoms with E-state index in [1.165, 1.54) is 0 Å². The topological polar surface area (TPSA) is 60.2 Å². The van der Waals surface area contributed by atoms with Crippen LogP contribution in [0, 0.1) is 5.92 Å². The third kappa shape index (κ3) is 4.53. The molecule has 0 aliphatic carbocycles. The lowest BCUT2D eigenvalue weighted by molar-refractivity contribution is 0.248. The minimum atomic E-state index is -1.78. The summed E-state index contributed by atoms with van der Waals surface area (Å²) in [4.78, 5) is 4.42. The van der Waals surface area contributed by atoms with Gasteiger partial charge in [-0.15, -0.1) is 0 Å². The third-order valence-electron chi connectivity index (χ3n) is 5.37. The van der Waals surface area contributed by atoms with Gasteiger partial charge in [0.15, 0.2) is 8.32 Å². The van der Waals surface area contributed by atoms with Gasteiger partial charge in [-0.25, -0.2) is 0 Å². The molecule has 5 heteroatoms. The van der Waals surface area contributed by atoms with Crippen molar-refractivity contribution in [3.63, 3.8) is 0 Å². The molecule has 138 valence electrons. The van der Waals surface area contributed by atoms with E-state index in [1.807, 2.05) is 18.2 Å². The van der Waals surface area contributed by atoms with E-state index in [4.69, 9.17) is 10.2 Å². The summed E-state index contributed by atoms with van der Waals surface area (Å²) < 4.78 is 6.46. The van der Waals surface area contributed by atoms with Crippen molar-refractivity contribution in [2.45, 2.75) is 58.8 Å². The summed E-state index contributed by atoms with van der Waals surface area (Å²) in [6.45, 7) is 16.5. The molecule has 25 heavy (non-hydrogen) atoms. The highest BCUT2D eigenvalue weighted by atomic mass is 28.4. The summed E-state index contributed by atoms with van der Waals surface area (Å²) in [6.07, 6.45) is 1.73. The van der Waals surface area contributed by atoms with Crippen LogP contribution in [0.15, 0.2) is 30.5 Å². The Kier molecular flexibility index (Phi) is 5.79. The predicted octanol–water partition coefficient (Wildman–Crippen LogP) is 5.28. The van der Waals surface area contributed by atoms with Crippen LogP contribution in [0.25, 0.3) is 10.9 Å². The molecule has 1 atom stereocenters. The van der Waals surface area contributed by atoms with Gasteiger partial charge in [-0.2, -0.15) is 0 Å². The number of hydrogen-bond acceptors (Lipinski definition) is 4. The molecule has 0 saturated carbocycles. The highest BCUT2D eigenvalue weighted by Gasteiger charge is 2.37. The van der Waals surface area contributed by atoms with Crippen LogP contribution in [0.5, 0.6) is 0 Å². The second-order valence-electron chi connectivity index (χ2n) is 8.67. The Hall–Kier alpha value is -1.59. The number of nitrogen functional groups attached to an aromatic ring is 1. The van der Waals surface area contributed by atoms with Gasteiger partial charge in [-0.1, -0.05) is 52.8 Å². The van der Waals surface area contributed by atoms with Gasteiger partial charge in [0.25, 0.3) is 0 Å². The zero-order chi connectivity index (χ0) is 18.8. The molecule has 0 radical (unpaired) electrons. The van der Waals surface area contributed by atoms with Crippen LogP contribution in [0.2, 0.25) is 18.1 Å². The zero-order valence-corrected chi connectivity index (χ0v) is 17.7. The fourth-order valence-corrected chi connectivity index (χ4v) is 3.45. The Morgan fingerprint density at radius 1 is 1.20 bits per heavy atom. The Morgan fingerprint density at radius 2 is 1.84 bits per heavy atom. The third-order valence-corrected chi connectivity index (χ3v) is 9.87. The molecule has 0 unspecified atom stereocenters. The first-order valence-corrected chi connectivity index (χ1v) is 12.0. The quantitative estimate of drug-likeness (QED) is 0.689. The van der Waals surface area contributed by atoms with Crippen LogP contribution in [-0.2, 0) is 4.43 Å². The maximum absolute atomic E-state index is 6.46. The number of nitrogens with one attached hydrogen (secondary N) is 1. The average molecular weight is 360 g/mol. The SMILES string of the molecule is CC(C)[C@@H](CO[Si](C)(C)C(C)(C)C)Nc1c(N)cnc2ccccc12. The zero-order valence-electron chi connectivity index (χ0n) is 16.7. The van der Waals surface area contributed by atoms with E-state index in [-0.39, 0.29) is 11.1 Å². The number of rotatable bonds is 6. The van der Waals surface area contributed by atoms with Crippen molar-refractivity contribution in [2.75, 3.05) is 17.7 Å². The van der Waals surface area contributed by atoms with E-state index in [0.717, 1.165) is 16.6 Å². The molecule has 1 aromatic heterocycles. The monoisotopic (exact) mass is 359 g/mol. The minimum Gasteiger partial charge on any atom is -0.415 e. The van der Waals surface area contributed by atoms with Gasteiger partial charge < -0.3 is 15.5 Å². The number of anilines is 2. The lowest BCUT2D eigenvalue weighted by Crippen LogP contribution is -2.44. The Labute approximate surface area is 153 Å². The summed E-state index contributed by atoms with van der Waals surface area (Å²) in [5.41, 5.74) is 8.82.